The number of hydrogen-bond acceptors (Lipinski definition) is 4. The summed E-state index contributed by atoms with van der Waals surface area (Å²) in [4.78, 5) is 19.8. The number of rotatable bonds is 2. The van der Waals surface area contributed by atoms with Gasteiger partial charge in [-0.05, 0) is 26.8 Å². The van der Waals surface area contributed by atoms with Crippen molar-refractivity contribution in [3.05, 3.63) is 30.9 Å². The maximum Gasteiger partial charge on any atom is 0.320 e. The molecule has 0 aliphatic rings. The smallest absolute Gasteiger partial charge is 0.320 e. The van der Waals surface area contributed by atoms with Crippen molar-refractivity contribution >= 4 is 11.8 Å². The third kappa shape index (κ3) is 3.77. The maximum absolute atomic E-state index is 11.7. The molecule has 2 amide bonds. The molecule has 2 N–H and O–H groups in total. The topological polar surface area (TPSA) is 84.7 Å². The van der Waals surface area contributed by atoms with Crippen LogP contribution in [-0.2, 0) is 0 Å². The molecule has 0 saturated carbocycles. The highest BCUT2D eigenvalue weighted by molar-refractivity contribution is 5.88. The van der Waals surface area contributed by atoms with Gasteiger partial charge in [0.2, 0.25) is 0 Å². The van der Waals surface area contributed by atoms with Crippen LogP contribution in [-0.4, -0.2) is 31.3 Å². The Balaban J connectivity index is 2.10. The van der Waals surface area contributed by atoms with Crippen molar-refractivity contribution in [2.24, 2.45) is 0 Å². The Hall–Kier alpha value is -2.44. The minimum Gasteiger partial charge on any atom is -0.333 e. The summed E-state index contributed by atoms with van der Waals surface area (Å²) in [5, 5.41) is 9.51. The highest BCUT2D eigenvalue weighted by atomic mass is 16.2. The molecular formula is C12H16N6O. The van der Waals surface area contributed by atoms with Gasteiger partial charge in [-0.15, -0.1) is 0 Å². The van der Waals surface area contributed by atoms with Gasteiger partial charge in [0.1, 0.15) is 12.1 Å². The van der Waals surface area contributed by atoms with Crippen molar-refractivity contribution in [1.29, 1.82) is 0 Å². The van der Waals surface area contributed by atoms with Crippen LogP contribution in [0.25, 0.3) is 5.82 Å². The molecule has 2 aromatic heterocycles. The van der Waals surface area contributed by atoms with Crippen molar-refractivity contribution in [2.45, 2.75) is 26.3 Å². The third-order valence-electron chi connectivity index (χ3n) is 2.12. The molecule has 0 atom stereocenters. The summed E-state index contributed by atoms with van der Waals surface area (Å²) in [5.74, 6) is 1.01. The summed E-state index contributed by atoms with van der Waals surface area (Å²) in [6.07, 6.45) is 4.80. The zero-order valence-corrected chi connectivity index (χ0v) is 11.1. The van der Waals surface area contributed by atoms with Gasteiger partial charge in [-0.3, -0.25) is 5.32 Å². The number of carbonyl (C=O) groups excluding carboxylic acids is 1. The first-order chi connectivity index (χ1) is 8.94. The lowest BCUT2D eigenvalue weighted by atomic mass is 10.1. The summed E-state index contributed by atoms with van der Waals surface area (Å²) in [5.41, 5.74) is -0.304. The Morgan fingerprint density at radius 1 is 1.32 bits per heavy atom. The van der Waals surface area contributed by atoms with Crippen LogP contribution in [0.1, 0.15) is 20.8 Å². The predicted molar refractivity (Wildman–Crippen MR) is 71.1 cm³/mol. The fourth-order valence-corrected chi connectivity index (χ4v) is 1.43. The van der Waals surface area contributed by atoms with Crippen LogP contribution in [0.5, 0.6) is 0 Å². The Bertz CT molecular complexity index is 558. The van der Waals surface area contributed by atoms with E-state index in [2.05, 4.69) is 25.7 Å². The van der Waals surface area contributed by atoms with Crippen LogP contribution >= 0.6 is 0 Å². The van der Waals surface area contributed by atoms with Gasteiger partial charge < -0.3 is 5.32 Å². The Morgan fingerprint density at radius 3 is 2.74 bits per heavy atom. The lowest BCUT2D eigenvalue weighted by molar-refractivity contribution is 0.243. The van der Waals surface area contributed by atoms with E-state index in [-0.39, 0.29) is 11.6 Å². The number of aromatic nitrogens is 4. The minimum absolute atomic E-state index is 0.304. The highest BCUT2D eigenvalue weighted by Crippen LogP contribution is 2.08. The number of carbonyl (C=O) groups is 1. The van der Waals surface area contributed by atoms with Crippen molar-refractivity contribution in [2.75, 3.05) is 5.32 Å². The largest absolute Gasteiger partial charge is 0.333 e. The molecule has 0 aliphatic heterocycles. The van der Waals surface area contributed by atoms with E-state index < -0.39 is 0 Å². The zero-order chi connectivity index (χ0) is 13.9. The van der Waals surface area contributed by atoms with Crippen molar-refractivity contribution in [3.8, 4) is 5.82 Å². The Kier molecular flexibility index (Phi) is 3.46. The molecule has 0 bridgehead atoms. The van der Waals surface area contributed by atoms with Crippen molar-refractivity contribution in [3.63, 3.8) is 0 Å². The standard InChI is InChI=1S/C12H16N6O/c1-12(2,3)17-11(19)16-9-7-10(14-8-13-9)18-6-4-5-15-18/h4-8H,1-3H3,(H2,13,14,16,17,19). The molecule has 0 aromatic carbocycles. The van der Waals surface area contributed by atoms with E-state index in [1.165, 1.54) is 6.33 Å². The molecule has 7 heteroatoms. The van der Waals surface area contributed by atoms with E-state index in [0.29, 0.717) is 11.6 Å². The monoisotopic (exact) mass is 260 g/mol. The van der Waals surface area contributed by atoms with Crippen molar-refractivity contribution < 1.29 is 4.79 Å². The molecule has 2 aromatic rings. The molecular weight excluding hydrogens is 244 g/mol. The first-order valence-electron chi connectivity index (χ1n) is 5.85. The van der Waals surface area contributed by atoms with E-state index >= 15 is 0 Å². The van der Waals surface area contributed by atoms with E-state index in [1.54, 1.807) is 29.2 Å². The van der Waals surface area contributed by atoms with Crippen LogP contribution in [0.4, 0.5) is 10.6 Å². The van der Waals surface area contributed by atoms with Gasteiger partial charge in [0.25, 0.3) is 0 Å². The summed E-state index contributed by atoms with van der Waals surface area (Å²) in [7, 11) is 0. The molecule has 0 saturated heterocycles. The lowest BCUT2D eigenvalue weighted by Crippen LogP contribution is -2.43. The second-order valence-electron chi connectivity index (χ2n) is 5.04. The van der Waals surface area contributed by atoms with Gasteiger partial charge in [0.15, 0.2) is 5.82 Å². The minimum atomic E-state index is -0.308. The second-order valence-corrected chi connectivity index (χ2v) is 5.04. The van der Waals surface area contributed by atoms with Crippen LogP contribution in [0.2, 0.25) is 0 Å². The summed E-state index contributed by atoms with van der Waals surface area (Å²) >= 11 is 0. The SMILES string of the molecule is CC(C)(C)NC(=O)Nc1cc(-n2cccn2)ncn1. The number of anilines is 1. The van der Waals surface area contributed by atoms with Crippen LogP contribution in [0, 0.1) is 0 Å². The number of nitrogens with one attached hydrogen (secondary N) is 2. The molecule has 0 aliphatic carbocycles. The molecule has 0 unspecified atom stereocenters. The maximum atomic E-state index is 11.7. The first kappa shape index (κ1) is 13.0. The molecule has 0 fully saturated rings. The fourth-order valence-electron chi connectivity index (χ4n) is 1.43. The average molecular weight is 260 g/mol. The fraction of sp³-hybridized carbons (Fsp3) is 0.333. The Labute approximate surface area is 111 Å². The van der Waals surface area contributed by atoms with Crippen LogP contribution in [0.3, 0.4) is 0 Å². The van der Waals surface area contributed by atoms with E-state index in [1.807, 2.05) is 20.8 Å². The number of amides is 2. The molecule has 19 heavy (non-hydrogen) atoms. The zero-order valence-electron chi connectivity index (χ0n) is 11.1. The molecule has 7 nitrogen and oxygen atoms in total. The number of nitrogens with zero attached hydrogens (tertiary/aromatic N) is 4. The predicted octanol–water partition coefficient (Wildman–Crippen LogP) is 1.58. The summed E-state index contributed by atoms with van der Waals surface area (Å²) in [6.45, 7) is 5.71. The molecule has 100 valence electrons. The summed E-state index contributed by atoms with van der Waals surface area (Å²) in [6, 6.07) is 3.13. The molecule has 2 heterocycles. The van der Waals surface area contributed by atoms with Gasteiger partial charge >= 0.3 is 6.03 Å². The van der Waals surface area contributed by atoms with E-state index in [4.69, 9.17) is 0 Å². The third-order valence-corrected chi connectivity index (χ3v) is 2.12. The quantitative estimate of drug-likeness (QED) is 0.858. The van der Waals surface area contributed by atoms with Crippen LogP contribution in [0.15, 0.2) is 30.9 Å². The van der Waals surface area contributed by atoms with Gasteiger partial charge in [-0.25, -0.2) is 19.4 Å². The van der Waals surface area contributed by atoms with E-state index in [0.717, 1.165) is 0 Å². The van der Waals surface area contributed by atoms with E-state index in [9.17, 15) is 4.79 Å². The normalized spacial score (nSPS) is 11.1. The highest BCUT2D eigenvalue weighted by Gasteiger charge is 2.14. The lowest BCUT2D eigenvalue weighted by Gasteiger charge is -2.20. The first-order valence-corrected chi connectivity index (χ1v) is 5.85. The van der Waals surface area contributed by atoms with Gasteiger partial charge in [-0.1, -0.05) is 0 Å². The molecule has 2 rings (SSSR count). The number of urea groups is 1. The number of hydrogen-bond donors (Lipinski definition) is 2. The van der Waals surface area contributed by atoms with Crippen molar-refractivity contribution in [1.82, 2.24) is 25.1 Å². The molecule has 0 spiro atoms. The Morgan fingerprint density at radius 2 is 2.11 bits per heavy atom. The average Bonchev–Trinajstić information content (AvgIpc) is 2.79. The second kappa shape index (κ2) is 5.05. The molecule has 0 radical (unpaired) electrons. The van der Waals surface area contributed by atoms with Gasteiger partial charge in [-0.2, -0.15) is 5.10 Å². The van der Waals surface area contributed by atoms with Crippen LogP contribution < -0.4 is 10.6 Å². The van der Waals surface area contributed by atoms with Gasteiger partial charge in [0.05, 0.1) is 0 Å². The van der Waals surface area contributed by atoms with Gasteiger partial charge in [0, 0.05) is 24.0 Å². The summed E-state index contributed by atoms with van der Waals surface area (Å²) < 4.78 is 1.59.